The first-order valence-electron chi connectivity index (χ1n) is 5.80. The molecular weight excluding hydrogens is 220 g/mol. The van der Waals surface area contributed by atoms with E-state index in [0.717, 1.165) is 12.8 Å². The molecule has 0 unspecified atom stereocenters. The second kappa shape index (κ2) is 4.28. The molecule has 2 N–H and O–H groups in total. The van der Waals surface area contributed by atoms with Gasteiger partial charge in [-0.15, -0.1) is 6.42 Å². The van der Waals surface area contributed by atoms with Gasteiger partial charge in [0.15, 0.2) is 0 Å². The average molecular weight is 236 g/mol. The normalized spacial score (nSPS) is 30.8. The molecule has 2 atom stereocenters. The van der Waals surface area contributed by atoms with Crippen molar-refractivity contribution in [1.29, 1.82) is 0 Å². The molecule has 1 aliphatic heterocycles. The van der Waals surface area contributed by atoms with E-state index in [4.69, 9.17) is 6.42 Å². The monoisotopic (exact) mass is 236 g/mol. The van der Waals surface area contributed by atoms with E-state index in [2.05, 4.69) is 11.2 Å². The highest BCUT2D eigenvalue weighted by Gasteiger charge is 2.55. The lowest BCUT2D eigenvalue weighted by Gasteiger charge is -2.23. The topological polar surface area (TPSA) is 69.6 Å². The lowest BCUT2D eigenvalue weighted by atomic mass is 9.81. The molecule has 0 radical (unpaired) electrons. The first kappa shape index (κ1) is 11.8. The van der Waals surface area contributed by atoms with Gasteiger partial charge in [0.1, 0.15) is 0 Å². The summed E-state index contributed by atoms with van der Waals surface area (Å²) in [6, 6.07) is -0.252. The van der Waals surface area contributed by atoms with E-state index in [1.807, 2.05) is 0 Å². The zero-order valence-electron chi connectivity index (χ0n) is 9.61. The number of carboxylic acids is 1. The van der Waals surface area contributed by atoms with Crippen molar-refractivity contribution in [3.8, 4) is 12.3 Å². The summed E-state index contributed by atoms with van der Waals surface area (Å²) in [6.45, 7) is 1.02. The van der Waals surface area contributed by atoms with Crippen molar-refractivity contribution in [2.45, 2.75) is 19.3 Å². The van der Waals surface area contributed by atoms with Crippen molar-refractivity contribution in [2.24, 2.45) is 11.3 Å². The largest absolute Gasteiger partial charge is 0.481 e. The summed E-state index contributed by atoms with van der Waals surface area (Å²) in [6.07, 6.45) is 7.57. The van der Waals surface area contributed by atoms with Crippen LogP contribution in [0.15, 0.2) is 0 Å². The summed E-state index contributed by atoms with van der Waals surface area (Å²) < 4.78 is 0. The molecule has 1 heterocycles. The maximum atomic E-state index is 11.7. The number of carboxylic acid groups (broad SMARTS) is 1. The molecule has 0 aromatic carbocycles. The Kier molecular flexibility index (Phi) is 2.97. The number of likely N-dealkylation sites (tertiary alicyclic amines) is 1. The molecule has 2 rings (SSSR count). The first-order chi connectivity index (χ1) is 8.10. The smallest absolute Gasteiger partial charge is 0.318 e. The molecule has 1 saturated heterocycles. The van der Waals surface area contributed by atoms with Crippen LogP contribution in [-0.4, -0.2) is 41.6 Å². The molecule has 0 aromatic heterocycles. The molecule has 5 nitrogen and oxygen atoms in total. The second-order valence-corrected chi connectivity index (χ2v) is 4.79. The Balaban J connectivity index is 2.06. The van der Waals surface area contributed by atoms with E-state index >= 15 is 0 Å². The number of hydrogen-bond donors (Lipinski definition) is 2. The van der Waals surface area contributed by atoms with Crippen LogP contribution in [-0.2, 0) is 4.79 Å². The van der Waals surface area contributed by atoms with Crippen molar-refractivity contribution >= 4 is 12.0 Å². The molecule has 0 aromatic rings. The fourth-order valence-corrected chi connectivity index (χ4v) is 3.03. The Hall–Kier alpha value is -1.70. The first-order valence-corrected chi connectivity index (χ1v) is 5.80. The van der Waals surface area contributed by atoms with Gasteiger partial charge in [-0.25, -0.2) is 4.79 Å². The highest BCUT2D eigenvalue weighted by molar-refractivity contribution is 5.80. The molecule has 2 fully saturated rings. The quantitative estimate of drug-likeness (QED) is 0.686. The number of aliphatic carboxylic acids is 1. The van der Waals surface area contributed by atoms with Gasteiger partial charge in [0.05, 0.1) is 12.0 Å². The summed E-state index contributed by atoms with van der Waals surface area (Å²) in [5.74, 6) is 1.65. The molecule has 0 bridgehead atoms. The second-order valence-electron chi connectivity index (χ2n) is 4.79. The van der Waals surface area contributed by atoms with Crippen molar-refractivity contribution < 1.29 is 14.7 Å². The maximum absolute atomic E-state index is 11.7. The summed E-state index contributed by atoms with van der Waals surface area (Å²) in [5, 5.41) is 11.9. The summed E-state index contributed by atoms with van der Waals surface area (Å²) in [4.78, 5) is 24.7. The number of hydrogen-bond acceptors (Lipinski definition) is 2. The van der Waals surface area contributed by atoms with Crippen LogP contribution < -0.4 is 5.32 Å². The van der Waals surface area contributed by atoms with E-state index in [9.17, 15) is 14.7 Å². The van der Waals surface area contributed by atoms with Crippen LogP contribution in [0, 0.1) is 23.7 Å². The summed E-state index contributed by atoms with van der Waals surface area (Å²) in [5.41, 5.74) is -0.715. The number of urea groups is 1. The van der Waals surface area contributed by atoms with Crippen LogP contribution in [0.25, 0.3) is 0 Å². The molecule has 2 aliphatic rings. The minimum Gasteiger partial charge on any atom is -0.481 e. The molecular formula is C12H16N2O3. The van der Waals surface area contributed by atoms with Crippen LogP contribution in [0.3, 0.4) is 0 Å². The van der Waals surface area contributed by atoms with Gasteiger partial charge in [0.2, 0.25) is 0 Å². The lowest BCUT2D eigenvalue weighted by molar-refractivity contribution is -0.149. The third-order valence-corrected chi connectivity index (χ3v) is 3.93. The Labute approximate surface area is 100 Å². The van der Waals surface area contributed by atoms with E-state index in [-0.39, 0.29) is 18.5 Å². The summed E-state index contributed by atoms with van der Waals surface area (Å²) >= 11 is 0. The highest BCUT2D eigenvalue weighted by atomic mass is 16.4. The third-order valence-electron chi connectivity index (χ3n) is 3.93. The third kappa shape index (κ3) is 1.84. The average Bonchev–Trinajstić information content (AvgIpc) is 2.82. The predicted octanol–water partition coefficient (Wildman–Crippen LogP) is 0.516. The van der Waals surface area contributed by atoms with Gasteiger partial charge >= 0.3 is 12.0 Å². The molecule has 2 amide bonds. The molecule has 0 spiro atoms. The number of fused-ring (bicyclic) bond motifs is 1. The highest BCUT2D eigenvalue weighted by Crippen LogP contribution is 2.48. The van der Waals surface area contributed by atoms with Gasteiger partial charge < -0.3 is 15.3 Å². The Bertz CT molecular complexity index is 388. The number of rotatable bonds is 2. The number of amides is 2. The Morgan fingerprint density at radius 2 is 2.35 bits per heavy atom. The molecule has 1 saturated carbocycles. The van der Waals surface area contributed by atoms with Crippen LogP contribution in [0.4, 0.5) is 4.79 Å². The Morgan fingerprint density at radius 3 is 2.94 bits per heavy atom. The zero-order valence-corrected chi connectivity index (χ0v) is 9.61. The summed E-state index contributed by atoms with van der Waals surface area (Å²) in [7, 11) is 0. The van der Waals surface area contributed by atoms with Gasteiger partial charge in [0, 0.05) is 13.1 Å². The fourth-order valence-electron chi connectivity index (χ4n) is 3.03. The molecule has 17 heavy (non-hydrogen) atoms. The minimum atomic E-state index is -0.771. The number of nitrogens with one attached hydrogen (secondary N) is 1. The maximum Gasteiger partial charge on any atom is 0.318 e. The minimum absolute atomic E-state index is 0.0941. The van der Waals surface area contributed by atoms with Crippen molar-refractivity contribution in [1.82, 2.24) is 10.2 Å². The number of carbonyl (C=O) groups is 2. The van der Waals surface area contributed by atoms with Gasteiger partial charge in [-0.05, 0) is 18.8 Å². The van der Waals surface area contributed by atoms with E-state index in [1.54, 1.807) is 4.90 Å². The molecule has 5 heteroatoms. The van der Waals surface area contributed by atoms with Gasteiger partial charge in [-0.1, -0.05) is 12.3 Å². The van der Waals surface area contributed by atoms with Crippen molar-refractivity contribution in [3.05, 3.63) is 0 Å². The van der Waals surface area contributed by atoms with Crippen molar-refractivity contribution in [3.63, 3.8) is 0 Å². The number of terminal acetylenes is 1. The standard InChI is InChI=1S/C12H16N2O3/c1-2-6-13-11(17)14-7-9-4-3-5-12(9,8-14)10(15)16/h1,9H,3-8H2,(H,13,17)(H,15,16)/t9-,12+/m0/s1. The fraction of sp³-hybridized carbons (Fsp3) is 0.667. The Morgan fingerprint density at radius 1 is 1.59 bits per heavy atom. The van der Waals surface area contributed by atoms with Crippen LogP contribution in [0.2, 0.25) is 0 Å². The number of nitrogens with zero attached hydrogens (tertiary/aromatic N) is 1. The van der Waals surface area contributed by atoms with Crippen LogP contribution >= 0.6 is 0 Å². The van der Waals surface area contributed by atoms with E-state index in [1.165, 1.54) is 0 Å². The van der Waals surface area contributed by atoms with E-state index in [0.29, 0.717) is 19.5 Å². The molecule has 1 aliphatic carbocycles. The van der Waals surface area contributed by atoms with Gasteiger partial charge in [-0.2, -0.15) is 0 Å². The van der Waals surface area contributed by atoms with Crippen LogP contribution in [0.5, 0.6) is 0 Å². The van der Waals surface area contributed by atoms with Gasteiger partial charge in [0.25, 0.3) is 0 Å². The molecule has 92 valence electrons. The number of carbonyl (C=O) groups excluding carboxylic acids is 1. The predicted molar refractivity (Wildman–Crippen MR) is 61.2 cm³/mol. The van der Waals surface area contributed by atoms with E-state index < -0.39 is 11.4 Å². The van der Waals surface area contributed by atoms with Crippen LogP contribution in [0.1, 0.15) is 19.3 Å². The lowest BCUT2D eigenvalue weighted by Crippen LogP contribution is -2.41. The SMILES string of the molecule is C#CCNC(=O)N1C[C@@H]2CCC[C@@]2(C(=O)O)C1. The van der Waals surface area contributed by atoms with Crippen molar-refractivity contribution in [2.75, 3.05) is 19.6 Å². The zero-order chi connectivity index (χ0) is 12.5. The van der Waals surface area contributed by atoms with Gasteiger partial charge in [-0.3, -0.25) is 4.79 Å².